The zero-order valence-corrected chi connectivity index (χ0v) is 10.3. The number of rotatable bonds is 1. The van der Waals surface area contributed by atoms with Gasteiger partial charge in [-0.25, -0.2) is 14.0 Å². The van der Waals surface area contributed by atoms with Crippen LogP contribution in [0.15, 0.2) is 0 Å². The van der Waals surface area contributed by atoms with E-state index in [-0.39, 0.29) is 19.4 Å². The van der Waals surface area contributed by atoms with Crippen LogP contribution < -0.4 is 0 Å². The third kappa shape index (κ3) is 3.87. The predicted molar refractivity (Wildman–Crippen MR) is 58.5 cm³/mol. The van der Waals surface area contributed by atoms with Crippen LogP contribution in [0, 0.1) is 0 Å². The van der Waals surface area contributed by atoms with Gasteiger partial charge in [-0.2, -0.15) is 0 Å². The molecule has 1 heterocycles. The Hall–Kier alpha value is -1.33. The van der Waals surface area contributed by atoms with Crippen LogP contribution in [0.4, 0.5) is 9.18 Å². The quantitative estimate of drug-likeness (QED) is 0.767. The van der Waals surface area contributed by atoms with E-state index < -0.39 is 29.9 Å². The number of carbonyl (C=O) groups is 2. The number of carboxylic acid groups (broad SMARTS) is 1. The molecule has 1 amide bonds. The van der Waals surface area contributed by atoms with Crippen LogP contribution in [0.5, 0.6) is 0 Å². The molecule has 0 aromatic heterocycles. The molecule has 1 N–H and O–H groups in total. The molecule has 0 spiro atoms. The van der Waals surface area contributed by atoms with Gasteiger partial charge < -0.3 is 9.84 Å². The minimum Gasteiger partial charge on any atom is -0.480 e. The summed E-state index contributed by atoms with van der Waals surface area (Å²) in [6.45, 7) is 5.17. The van der Waals surface area contributed by atoms with E-state index in [0.717, 1.165) is 4.90 Å². The van der Waals surface area contributed by atoms with E-state index in [0.29, 0.717) is 0 Å². The van der Waals surface area contributed by atoms with Crippen LogP contribution in [0.25, 0.3) is 0 Å². The van der Waals surface area contributed by atoms with Crippen molar-refractivity contribution in [2.75, 3.05) is 6.54 Å². The standard InChI is InChI=1S/C11H18FNO4/c1-11(2,3)17-10(16)13-5-4-7(12)6-8(13)9(14)15/h7-8H,4-6H2,1-3H3,(H,14,15)/t7-,8+/m1/s1. The van der Waals surface area contributed by atoms with Crippen LogP contribution in [0.1, 0.15) is 33.6 Å². The van der Waals surface area contributed by atoms with E-state index in [9.17, 15) is 14.0 Å². The molecular weight excluding hydrogens is 229 g/mol. The Morgan fingerprint density at radius 2 is 2.00 bits per heavy atom. The maximum absolute atomic E-state index is 13.1. The zero-order valence-electron chi connectivity index (χ0n) is 10.3. The van der Waals surface area contributed by atoms with Crippen molar-refractivity contribution in [3.63, 3.8) is 0 Å². The molecule has 0 aliphatic carbocycles. The van der Waals surface area contributed by atoms with Gasteiger partial charge in [0.2, 0.25) is 0 Å². The summed E-state index contributed by atoms with van der Waals surface area (Å²) >= 11 is 0. The maximum Gasteiger partial charge on any atom is 0.411 e. The highest BCUT2D eigenvalue weighted by Gasteiger charge is 2.38. The lowest BCUT2D eigenvalue weighted by Crippen LogP contribution is -2.52. The number of amides is 1. The van der Waals surface area contributed by atoms with Crippen molar-refractivity contribution in [2.45, 2.75) is 51.4 Å². The molecule has 17 heavy (non-hydrogen) atoms. The zero-order chi connectivity index (χ0) is 13.2. The van der Waals surface area contributed by atoms with Crippen molar-refractivity contribution < 1.29 is 23.8 Å². The Balaban J connectivity index is 2.73. The van der Waals surface area contributed by atoms with E-state index in [1.165, 1.54) is 0 Å². The highest BCUT2D eigenvalue weighted by molar-refractivity contribution is 5.80. The molecule has 0 aromatic rings. The molecule has 6 heteroatoms. The van der Waals surface area contributed by atoms with Crippen molar-refractivity contribution in [1.82, 2.24) is 4.90 Å². The van der Waals surface area contributed by atoms with Gasteiger partial charge >= 0.3 is 12.1 Å². The molecule has 1 aliphatic heterocycles. The van der Waals surface area contributed by atoms with Gasteiger partial charge in [-0.15, -0.1) is 0 Å². The average Bonchev–Trinajstić information content (AvgIpc) is 2.14. The second-order valence-corrected chi connectivity index (χ2v) is 5.15. The molecule has 0 radical (unpaired) electrons. The van der Waals surface area contributed by atoms with Crippen LogP contribution >= 0.6 is 0 Å². The third-order valence-corrected chi connectivity index (χ3v) is 2.45. The highest BCUT2D eigenvalue weighted by Crippen LogP contribution is 2.22. The SMILES string of the molecule is CC(C)(C)OC(=O)N1CC[C@@H](F)C[C@H]1C(=O)O. The summed E-state index contributed by atoms with van der Waals surface area (Å²) in [6, 6.07) is -1.13. The van der Waals surface area contributed by atoms with Gasteiger partial charge in [0.25, 0.3) is 0 Å². The monoisotopic (exact) mass is 247 g/mol. The van der Waals surface area contributed by atoms with Crippen LogP contribution in [-0.2, 0) is 9.53 Å². The number of ether oxygens (including phenoxy) is 1. The lowest BCUT2D eigenvalue weighted by molar-refractivity contribution is -0.145. The molecular formula is C11H18FNO4. The first-order valence-electron chi connectivity index (χ1n) is 5.57. The van der Waals surface area contributed by atoms with Gasteiger partial charge in [0.05, 0.1) is 0 Å². The minimum absolute atomic E-state index is 0.0764. The largest absolute Gasteiger partial charge is 0.480 e. The van der Waals surface area contributed by atoms with E-state index in [1.807, 2.05) is 0 Å². The first kappa shape index (κ1) is 13.7. The van der Waals surface area contributed by atoms with Gasteiger partial charge in [0, 0.05) is 13.0 Å². The summed E-state index contributed by atoms with van der Waals surface area (Å²) in [7, 11) is 0. The van der Waals surface area contributed by atoms with Crippen molar-refractivity contribution in [2.24, 2.45) is 0 Å². The molecule has 1 saturated heterocycles. The smallest absolute Gasteiger partial charge is 0.411 e. The average molecular weight is 247 g/mol. The summed E-state index contributed by atoms with van der Waals surface area (Å²) in [4.78, 5) is 23.8. The molecule has 0 unspecified atom stereocenters. The van der Waals surface area contributed by atoms with E-state index in [2.05, 4.69) is 0 Å². The number of carbonyl (C=O) groups excluding carboxylic acids is 1. The Morgan fingerprint density at radius 1 is 1.41 bits per heavy atom. The summed E-state index contributed by atoms with van der Waals surface area (Å²) in [5.74, 6) is -1.20. The summed E-state index contributed by atoms with van der Waals surface area (Å²) in [5.41, 5.74) is -0.688. The Labute approximate surface area is 99.5 Å². The maximum atomic E-state index is 13.1. The van der Waals surface area contributed by atoms with Gasteiger partial charge in [-0.1, -0.05) is 0 Å². The second-order valence-electron chi connectivity index (χ2n) is 5.15. The molecule has 0 aromatic carbocycles. The number of carboxylic acids is 1. The number of nitrogens with zero attached hydrogens (tertiary/aromatic N) is 1. The second kappa shape index (κ2) is 4.89. The third-order valence-electron chi connectivity index (χ3n) is 2.45. The lowest BCUT2D eigenvalue weighted by atomic mass is 10.0. The molecule has 1 rings (SSSR count). The van der Waals surface area contributed by atoms with Gasteiger partial charge in [0.1, 0.15) is 17.8 Å². The van der Waals surface area contributed by atoms with Crippen LogP contribution in [0.3, 0.4) is 0 Å². The van der Waals surface area contributed by atoms with Crippen molar-refractivity contribution >= 4 is 12.1 Å². The fourth-order valence-corrected chi connectivity index (χ4v) is 1.70. The van der Waals surface area contributed by atoms with Crippen molar-refractivity contribution in [3.8, 4) is 0 Å². The molecule has 1 aliphatic rings. The van der Waals surface area contributed by atoms with Crippen molar-refractivity contribution in [1.29, 1.82) is 0 Å². The Morgan fingerprint density at radius 3 is 2.47 bits per heavy atom. The van der Waals surface area contributed by atoms with E-state index >= 15 is 0 Å². The molecule has 1 fully saturated rings. The van der Waals surface area contributed by atoms with Gasteiger partial charge in [-0.3, -0.25) is 4.90 Å². The highest BCUT2D eigenvalue weighted by atomic mass is 19.1. The van der Waals surface area contributed by atoms with E-state index in [4.69, 9.17) is 9.84 Å². The number of likely N-dealkylation sites (tertiary alicyclic amines) is 1. The Kier molecular flexibility index (Phi) is 3.95. The molecule has 0 saturated carbocycles. The minimum atomic E-state index is -1.20. The Bertz CT molecular complexity index is 313. The molecule has 0 bridgehead atoms. The number of hydrogen-bond acceptors (Lipinski definition) is 3. The summed E-state index contributed by atoms with van der Waals surface area (Å²) in [5, 5.41) is 8.96. The summed E-state index contributed by atoms with van der Waals surface area (Å²) < 4.78 is 18.2. The first-order chi connectivity index (χ1) is 7.70. The summed E-state index contributed by atoms with van der Waals surface area (Å²) in [6.07, 6.45) is -1.89. The van der Waals surface area contributed by atoms with Crippen LogP contribution in [-0.4, -0.2) is 46.4 Å². The molecule has 5 nitrogen and oxygen atoms in total. The van der Waals surface area contributed by atoms with Crippen molar-refractivity contribution in [3.05, 3.63) is 0 Å². The number of halogens is 1. The van der Waals surface area contributed by atoms with E-state index in [1.54, 1.807) is 20.8 Å². The van der Waals surface area contributed by atoms with Gasteiger partial charge in [-0.05, 0) is 27.2 Å². The van der Waals surface area contributed by atoms with Gasteiger partial charge in [0.15, 0.2) is 0 Å². The first-order valence-corrected chi connectivity index (χ1v) is 5.57. The normalized spacial score (nSPS) is 25.5. The number of hydrogen-bond donors (Lipinski definition) is 1. The number of alkyl halides is 1. The predicted octanol–water partition coefficient (Wildman–Crippen LogP) is 1.81. The van der Waals surface area contributed by atoms with Crippen LogP contribution in [0.2, 0.25) is 0 Å². The molecule has 2 atom stereocenters. The molecule has 98 valence electrons. The lowest BCUT2D eigenvalue weighted by Gasteiger charge is -2.35. The number of aliphatic carboxylic acids is 1. The fourth-order valence-electron chi connectivity index (χ4n) is 1.70. The number of piperidine rings is 1. The fraction of sp³-hybridized carbons (Fsp3) is 0.818. The topological polar surface area (TPSA) is 66.8 Å².